The Labute approximate surface area is 105 Å². The first-order chi connectivity index (χ1) is 7.79. The molecule has 1 N–H and O–H groups in total. The van der Waals surface area contributed by atoms with Crippen molar-refractivity contribution in [2.45, 2.75) is 32.1 Å². The van der Waals surface area contributed by atoms with E-state index in [4.69, 9.17) is 0 Å². The Balaban J connectivity index is 2.00. The molecule has 88 valence electrons. The highest BCUT2D eigenvalue weighted by Crippen LogP contribution is 2.33. The van der Waals surface area contributed by atoms with Crippen LogP contribution >= 0.6 is 15.9 Å². The van der Waals surface area contributed by atoms with Gasteiger partial charge >= 0.3 is 0 Å². The van der Waals surface area contributed by atoms with Crippen molar-refractivity contribution in [2.75, 3.05) is 6.61 Å². The van der Waals surface area contributed by atoms with Crippen LogP contribution in [-0.2, 0) is 6.42 Å². The highest BCUT2D eigenvalue weighted by molar-refractivity contribution is 9.10. The number of pyridine rings is 1. The number of nitrogens with zero attached hydrogens (tertiary/aromatic N) is 1. The summed E-state index contributed by atoms with van der Waals surface area (Å²) in [6.45, 7) is 0.303. The molecule has 0 amide bonds. The number of aliphatic hydroxyl groups excluding tert-OH is 1. The minimum atomic E-state index is 0.303. The van der Waals surface area contributed by atoms with E-state index in [2.05, 4.69) is 27.0 Å². The standard InChI is InChI=1S/C13H18BrNO/c14-13-6-10(7-15-8-13)5-12(9-16)11-3-1-2-4-11/h6-8,11-12,16H,1-5,9H2. The molecule has 1 fully saturated rings. The quantitative estimate of drug-likeness (QED) is 0.921. The Morgan fingerprint density at radius 3 is 2.75 bits per heavy atom. The summed E-state index contributed by atoms with van der Waals surface area (Å²) in [5, 5.41) is 9.48. The normalized spacial score (nSPS) is 18.9. The maximum atomic E-state index is 9.48. The molecule has 1 heterocycles. The van der Waals surface area contributed by atoms with Gasteiger partial charge in [0.15, 0.2) is 0 Å². The van der Waals surface area contributed by atoms with Crippen molar-refractivity contribution >= 4 is 15.9 Å². The number of rotatable bonds is 4. The second kappa shape index (κ2) is 5.78. The first kappa shape index (κ1) is 12.1. The van der Waals surface area contributed by atoms with Gasteiger partial charge in [-0.25, -0.2) is 0 Å². The van der Waals surface area contributed by atoms with Crippen molar-refractivity contribution in [3.63, 3.8) is 0 Å². The van der Waals surface area contributed by atoms with E-state index in [0.717, 1.165) is 10.9 Å². The lowest BCUT2D eigenvalue weighted by atomic mass is 9.87. The van der Waals surface area contributed by atoms with Gasteiger partial charge in [-0.3, -0.25) is 4.98 Å². The van der Waals surface area contributed by atoms with Gasteiger partial charge in [0.25, 0.3) is 0 Å². The first-order valence-corrected chi connectivity index (χ1v) is 6.79. The molecule has 1 aliphatic carbocycles. The summed E-state index contributed by atoms with van der Waals surface area (Å²) in [6, 6.07) is 2.10. The van der Waals surface area contributed by atoms with E-state index in [0.29, 0.717) is 18.4 Å². The predicted octanol–water partition coefficient (Wildman–Crippen LogP) is 3.19. The number of hydrogen-bond acceptors (Lipinski definition) is 2. The highest BCUT2D eigenvalue weighted by Gasteiger charge is 2.24. The molecule has 0 bridgehead atoms. The second-order valence-electron chi connectivity index (χ2n) is 4.70. The molecular weight excluding hydrogens is 266 g/mol. The van der Waals surface area contributed by atoms with E-state index in [1.807, 2.05) is 6.20 Å². The Hall–Kier alpha value is -0.410. The second-order valence-corrected chi connectivity index (χ2v) is 5.62. The van der Waals surface area contributed by atoms with E-state index in [-0.39, 0.29) is 0 Å². The van der Waals surface area contributed by atoms with Gasteiger partial charge in [0.2, 0.25) is 0 Å². The largest absolute Gasteiger partial charge is 0.396 e. The third-order valence-electron chi connectivity index (χ3n) is 3.56. The summed E-state index contributed by atoms with van der Waals surface area (Å²) < 4.78 is 1.02. The van der Waals surface area contributed by atoms with Crippen LogP contribution in [0.3, 0.4) is 0 Å². The molecule has 1 aromatic heterocycles. The molecule has 1 aromatic rings. The van der Waals surface area contributed by atoms with Crippen LogP contribution < -0.4 is 0 Å². The first-order valence-electron chi connectivity index (χ1n) is 6.00. The molecule has 0 aliphatic heterocycles. The van der Waals surface area contributed by atoms with Crippen LogP contribution in [0.5, 0.6) is 0 Å². The van der Waals surface area contributed by atoms with Crippen LogP contribution in [0.4, 0.5) is 0 Å². The maximum Gasteiger partial charge on any atom is 0.0465 e. The van der Waals surface area contributed by atoms with Crippen LogP contribution in [0.1, 0.15) is 31.2 Å². The zero-order chi connectivity index (χ0) is 11.4. The minimum Gasteiger partial charge on any atom is -0.396 e. The van der Waals surface area contributed by atoms with Crippen LogP contribution in [0, 0.1) is 11.8 Å². The lowest BCUT2D eigenvalue weighted by Gasteiger charge is -2.21. The zero-order valence-corrected chi connectivity index (χ0v) is 11.0. The average Bonchev–Trinajstić information content (AvgIpc) is 2.79. The summed E-state index contributed by atoms with van der Waals surface area (Å²) in [5.41, 5.74) is 1.22. The van der Waals surface area contributed by atoms with E-state index < -0.39 is 0 Å². The van der Waals surface area contributed by atoms with E-state index >= 15 is 0 Å². The molecule has 0 aromatic carbocycles. The smallest absolute Gasteiger partial charge is 0.0465 e. The topological polar surface area (TPSA) is 33.1 Å². The van der Waals surface area contributed by atoms with Gasteiger partial charge in [0, 0.05) is 23.5 Å². The summed E-state index contributed by atoms with van der Waals surface area (Å²) in [4.78, 5) is 4.17. The minimum absolute atomic E-state index is 0.303. The molecule has 0 saturated heterocycles. The monoisotopic (exact) mass is 283 g/mol. The Kier molecular flexibility index (Phi) is 4.36. The molecule has 1 aliphatic rings. The fourth-order valence-corrected chi connectivity index (χ4v) is 3.09. The molecule has 0 radical (unpaired) electrons. The van der Waals surface area contributed by atoms with Crippen molar-refractivity contribution in [2.24, 2.45) is 11.8 Å². The molecule has 2 nitrogen and oxygen atoms in total. The molecular formula is C13H18BrNO. The van der Waals surface area contributed by atoms with Crippen molar-refractivity contribution in [1.29, 1.82) is 0 Å². The summed E-state index contributed by atoms with van der Waals surface area (Å²) in [5.74, 6) is 1.13. The van der Waals surface area contributed by atoms with E-state index in [1.54, 1.807) is 6.20 Å². The van der Waals surface area contributed by atoms with Crippen LogP contribution in [0.15, 0.2) is 22.9 Å². The molecule has 1 unspecified atom stereocenters. The number of aliphatic hydroxyl groups is 1. The maximum absolute atomic E-state index is 9.48. The van der Waals surface area contributed by atoms with Gasteiger partial charge in [0.1, 0.15) is 0 Å². The van der Waals surface area contributed by atoms with E-state index in [9.17, 15) is 5.11 Å². The zero-order valence-electron chi connectivity index (χ0n) is 9.40. The highest BCUT2D eigenvalue weighted by atomic mass is 79.9. The molecule has 1 saturated carbocycles. The van der Waals surface area contributed by atoms with Gasteiger partial charge < -0.3 is 5.11 Å². The van der Waals surface area contributed by atoms with Crippen LogP contribution in [-0.4, -0.2) is 16.7 Å². The Bertz CT molecular complexity index is 336. The van der Waals surface area contributed by atoms with Gasteiger partial charge in [-0.05, 0) is 45.8 Å². The number of halogens is 1. The molecule has 0 spiro atoms. The molecule has 16 heavy (non-hydrogen) atoms. The Morgan fingerprint density at radius 2 is 2.12 bits per heavy atom. The van der Waals surface area contributed by atoms with Gasteiger partial charge in [0.05, 0.1) is 0 Å². The van der Waals surface area contributed by atoms with Gasteiger partial charge in [-0.2, -0.15) is 0 Å². The van der Waals surface area contributed by atoms with E-state index in [1.165, 1.54) is 31.2 Å². The Morgan fingerprint density at radius 1 is 1.38 bits per heavy atom. The lowest BCUT2D eigenvalue weighted by Crippen LogP contribution is -2.18. The lowest BCUT2D eigenvalue weighted by molar-refractivity contribution is 0.175. The number of aromatic nitrogens is 1. The van der Waals surface area contributed by atoms with Crippen molar-refractivity contribution in [1.82, 2.24) is 4.98 Å². The summed E-state index contributed by atoms with van der Waals surface area (Å²) in [6.07, 6.45) is 9.89. The number of hydrogen-bond donors (Lipinski definition) is 1. The molecule has 3 heteroatoms. The third-order valence-corrected chi connectivity index (χ3v) is 3.99. The third kappa shape index (κ3) is 3.05. The molecule has 2 rings (SSSR count). The van der Waals surface area contributed by atoms with Gasteiger partial charge in [-0.15, -0.1) is 0 Å². The van der Waals surface area contributed by atoms with Gasteiger partial charge in [-0.1, -0.05) is 25.7 Å². The average molecular weight is 284 g/mol. The summed E-state index contributed by atoms with van der Waals surface area (Å²) in [7, 11) is 0. The molecule has 1 atom stereocenters. The van der Waals surface area contributed by atoms with Crippen LogP contribution in [0.2, 0.25) is 0 Å². The predicted molar refractivity (Wildman–Crippen MR) is 68.2 cm³/mol. The fourth-order valence-electron chi connectivity index (χ4n) is 2.68. The SMILES string of the molecule is OCC(Cc1cncc(Br)c1)C1CCCC1. The van der Waals surface area contributed by atoms with Crippen LogP contribution in [0.25, 0.3) is 0 Å². The fraction of sp³-hybridized carbons (Fsp3) is 0.615. The van der Waals surface area contributed by atoms with Crippen molar-refractivity contribution in [3.8, 4) is 0 Å². The summed E-state index contributed by atoms with van der Waals surface area (Å²) >= 11 is 3.43. The van der Waals surface area contributed by atoms with Crippen molar-refractivity contribution in [3.05, 3.63) is 28.5 Å². The van der Waals surface area contributed by atoms with Crippen molar-refractivity contribution < 1.29 is 5.11 Å².